The van der Waals surface area contributed by atoms with Gasteiger partial charge in [-0.15, -0.1) is 0 Å². The average Bonchev–Trinajstić information content (AvgIpc) is 1.81. The van der Waals surface area contributed by atoms with E-state index in [1.165, 1.54) is 0 Å². The molecule has 0 aliphatic rings. The fourth-order valence-corrected chi connectivity index (χ4v) is 0.700. The molecule has 0 aromatic heterocycles. The fraction of sp³-hybridized carbons (Fsp3) is 1.00. The molecule has 0 aromatic rings. The van der Waals surface area contributed by atoms with Crippen molar-refractivity contribution < 1.29 is 9.41 Å². The van der Waals surface area contributed by atoms with E-state index in [9.17, 15) is 10.1 Å². The van der Waals surface area contributed by atoms with Gasteiger partial charge in [0.1, 0.15) is 0 Å². The molecule has 0 saturated carbocycles. The van der Waals surface area contributed by atoms with Crippen molar-refractivity contribution in [3.8, 4) is 0 Å². The zero-order chi connectivity index (χ0) is 9.99. The highest BCUT2D eigenvalue weighted by Gasteiger charge is 2.33. The summed E-state index contributed by atoms with van der Waals surface area (Å²) < 4.78 is 0.751. The summed E-state index contributed by atoms with van der Waals surface area (Å²) >= 11 is 0. The molecule has 0 rings (SSSR count). The van der Waals surface area contributed by atoms with E-state index >= 15 is 0 Å². The Labute approximate surface area is 73.9 Å². The summed E-state index contributed by atoms with van der Waals surface area (Å²) in [5, 5.41) is 10.2. The minimum absolute atomic E-state index is 0.0347. The summed E-state index contributed by atoms with van der Waals surface area (Å²) in [5.74, 6) is 0. The van der Waals surface area contributed by atoms with Crippen LogP contribution in [0, 0.1) is 10.1 Å². The summed E-state index contributed by atoms with van der Waals surface area (Å²) in [4.78, 5) is 9.92. The Bertz CT molecular complexity index is 170. The smallest absolute Gasteiger partial charge is 0.209 e. The summed E-state index contributed by atoms with van der Waals surface area (Å²) in [6.45, 7) is 4.16. The number of quaternary nitrogens is 1. The third-order valence-corrected chi connectivity index (χ3v) is 2.72. The maximum Gasteiger partial charge on any atom is 0.209 e. The van der Waals surface area contributed by atoms with Crippen LogP contribution in [0.1, 0.15) is 20.3 Å². The first kappa shape index (κ1) is 11.4. The lowest BCUT2D eigenvalue weighted by Crippen LogP contribution is -2.53. The lowest BCUT2D eigenvalue weighted by Gasteiger charge is -2.40. The van der Waals surface area contributed by atoms with Gasteiger partial charge in [0.15, 0.2) is 0 Å². The molecule has 0 bridgehead atoms. The first-order chi connectivity index (χ1) is 5.17. The van der Waals surface area contributed by atoms with Gasteiger partial charge in [0.2, 0.25) is 6.54 Å². The number of rotatable bonds is 4. The van der Waals surface area contributed by atoms with E-state index in [1.54, 1.807) is 0 Å². The van der Waals surface area contributed by atoms with E-state index in [1.807, 2.05) is 0 Å². The van der Waals surface area contributed by atoms with Crippen LogP contribution < -0.4 is 0 Å². The molecular weight excluding hydrogens is 156 g/mol. The predicted molar refractivity (Wildman–Crippen MR) is 48.6 cm³/mol. The maximum absolute atomic E-state index is 10.2. The van der Waals surface area contributed by atoms with E-state index in [0.717, 1.165) is 4.48 Å². The van der Waals surface area contributed by atoms with Crippen molar-refractivity contribution in [1.29, 1.82) is 0 Å². The van der Waals surface area contributed by atoms with E-state index < -0.39 is 0 Å². The average molecular weight is 175 g/mol. The summed E-state index contributed by atoms with van der Waals surface area (Å²) in [6.07, 6.45) is 0.615. The zero-order valence-corrected chi connectivity index (χ0v) is 8.63. The van der Waals surface area contributed by atoms with Crippen molar-refractivity contribution >= 4 is 0 Å². The third kappa shape index (κ3) is 3.17. The Balaban J connectivity index is 4.14. The van der Waals surface area contributed by atoms with Crippen LogP contribution in [-0.4, -0.2) is 42.6 Å². The van der Waals surface area contributed by atoms with Crippen molar-refractivity contribution in [2.45, 2.75) is 25.8 Å². The molecule has 0 unspecified atom stereocenters. The minimum Gasteiger partial charge on any atom is -0.326 e. The SMILES string of the molecule is CC(C)(CC[N+](=O)[O-])[N+](C)(C)C. The number of hydrogen-bond donors (Lipinski definition) is 0. The van der Waals surface area contributed by atoms with Gasteiger partial charge in [0.25, 0.3) is 0 Å². The molecule has 12 heavy (non-hydrogen) atoms. The van der Waals surface area contributed by atoms with Crippen LogP contribution in [0.3, 0.4) is 0 Å². The molecule has 4 nitrogen and oxygen atoms in total. The lowest BCUT2D eigenvalue weighted by molar-refractivity contribution is -0.921. The molecule has 0 atom stereocenters. The Morgan fingerprint density at radius 2 is 1.75 bits per heavy atom. The van der Waals surface area contributed by atoms with Crippen molar-refractivity contribution in [1.82, 2.24) is 0 Å². The Kier molecular flexibility index (Phi) is 3.21. The molecule has 0 saturated heterocycles. The molecular formula is C8H19N2O2+. The van der Waals surface area contributed by atoms with E-state index in [2.05, 4.69) is 35.0 Å². The Hall–Kier alpha value is -0.640. The van der Waals surface area contributed by atoms with Gasteiger partial charge < -0.3 is 4.48 Å². The molecule has 0 aliphatic heterocycles. The number of nitrogens with zero attached hydrogens (tertiary/aromatic N) is 2. The second-order valence-corrected chi connectivity index (χ2v) is 4.63. The number of hydrogen-bond acceptors (Lipinski definition) is 2. The van der Waals surface area contributed by atoms with Crippen LogP contribution in [0.2, 0.25) is 0 Å². The van der Waals surface area contributed by atoms with Crippen molar-refractivity contribution in [3.63, 3.8) is 0 Å². The van der Waals surface area contributed by atoms with Gasteiger partial charge in [-0.1, -0.05) is 0 Å². The van der Waals surface area contributed by atoms with Gasteiger partial charge >= 0.3 is 0 Å². The predicted octanol–water partition coefficient (Wildman–Crippen LogP) is 1.14. The first-order valence-electron chi connectivity index (χ1n) is 4.10. The van der Waals surface area contributed by atoms with Crippen LogP contribution in [0.5, 0.6) is 0 Å². The summed E-state index contributed by atoms with van der Waals surface area (Å²) in [6, 6.07) is 0. The van der Waals surface area contributed by atoms with Crippen molar-refractivity contribution in [2.75, 3.05) is 27.7 Å². The molecule has 0 spiro atoms. The highest BCUT2D eigenvalue weighted by Crippen LogP contribution is 2.21. The quantitative estimate of drug-likeness (QED) is 0.365. The Morgan fingerprint density at radius 3 is 2.00 bits per heavy atom. The normalized spacial score (nSPS) is 13.1. The Morgan fingerprint density at radius 1 is 1.33 bits per heavy atom. The molecule has 72 valence electrons. The van der Waals surface area contributed by atoms with Gasteiger partial charge in [-0.25, -0.2) is 0 Å². The molecule has 0 heterocycles. The standard InChI is InChI=1S/C8H19N2O2/c1-8(2,10(3,4)5)6-7-9(11)12/h6-7H2,1-5H3/q+1. The molecule has 0 N–H and O–H groups in total. The summed E-state index contributed by atoms with van der Waals surface area (Å²) in [5.41, 5.74) is -0.0347. The van der Waals surface area contributed by atoms with Crippen molar-refractivity contribution in [3.05, 3.63) is 10.1 Å². The molecule has 0 amide bonds. The van der Waals surface area contributed by atoms with Crippen LogP contribution >= 0.6 is 0 Å². The topological polar surface area (TPSA) is 43.1 Å². The van der Waals surface area contributed by atoms with Crippen molar-refractivity contribution in [2.24, 2.45) is 0 Å². The van der Waals surface area contributed by atoms with Gasteiger partial charge in [-0.3, -0.25) is 10.1 Å². The first-order valence-corrected chi connectivity index (χ1v) is 4.10. The second kappa shape index (κ2) is 3.39. The maximum atomic E-state index is 10.2. The summed E-state index contributed by atoms with van der Waals surface area (Å²) in [7, 11) is 6.17. The van der Waals surface area contributed by atoms with Crippen LogP contribution in [0.4, 0.5) is 0 Å². The molecule has 0 aromatic carbocycles. The second-order valence-electron chi connectivity index (χ2n) is 4.63. The van der Waals surface area contributed by atoms with E-state index in [0.29, 0.717) is 6.42 Å². The van der Waals surface area contributed by atoms with Crippen LogP contribution in [0.15, 0.2) is 0 Å². The molecule has 0 aliphatic carbocycles. The van der Waals surface area contributed by atoms with Gasteiger partial charge in [-0.2, -0.15) is 0 Å². The monoisotopic (exact) mass is 175 g/mol. The number of nitro groups is 1. The van der Waals surface area contributed by atoms with Crippen LogP contribution in [-0.2, 0) is 0 Å². The minimum atomic E-state index is -0.253. The molecule has 4 heteroatoms. The largest absolute Gasteiger partial charge is 0.326 e. The van der Waals surface area contributed by atoms with Gasteiger partial charge in [0, 0.05) is 4.92 Å². The lowest BCUT2D eigenvalue weighted by atomic mass is 9.97. The van der Waals surface area contributed by atoms with Gasteiger partial charge in [0.05, 0.1) is 33.1 Å². The van der Waals surface area contributed by atoms with Crippen LogP contribution in [0.25, 0.3) is 0 Å². The highest BCUT2D eigenvalue weighted by molar-refractivity contribution is 4.67. The van der Waals surface area contributed by atoms with Gasteiger partial charge in [-0.05, 0) is 13.8 Å². The molecule has 0 fully saturated rings. The third-order valence-electron chi connectivity index (χ3n) is 2.72. The zero-order valence-electron chi connectivity index (χ0n) is 8.63. The fourth-order valence-electron chi connectivity index (χ4n) is 0.700. The highest BCUT2D eigenvalue weighted by atomic mass is 16.6. The van der Waals surface area contributed by atoms with E-state index in [-0.39, 0.29) is 17.0 Å². The molecule has 0 radical (unpaired) electrons. The van der Waals surface area contributed by atoms with E-state index in [4.69, 9.17) is 0 Å².